The number of nitrogens with one attached hydrogen (secondary N) is 1. The van der Waals surface area contributed by atoms with Crippen LogP contribution < -0.4 is 9.47 Å². The number of nitrogens with zero attached hydrogens (tertiary/aromatic N) is 2. The molecular weight excluding hydrogens is 369 g/mol. The molecule has 0 aliphatic carbocycles. The fourth-order valence-electron chi connectivity index (χ4n) is 3.73. The van der Waals surface area contributed by atoms with Crippen LogP contribution in [0.3, 0.4) is 0 Å². The predicted octanol–water partition coefficient (Wildman–Crippen LogP) is 4.17. The summed E-state index contributed by atoms with van der Waals surface area (Å²) in [6.07, 6.45) is 1.87. The van der Waals surface area contributed by atoms with Gasteiger partial charge in [0, 0.05) is 31.1 Å². The van der Waals surface area contributed by atoms with E-state index >= 15 is 0 Å². The minimum atomic E-state index is -0.187. The normalized spacial score (nSPS) is 16.8. The molecule has 1 N–H and O–H groups in total. The van der Waals surface area contributed by atoms with E-state index in [0.29, 0.717) is 12.5 Å². The van der Waals surface area contributed by atoms with Crippen molar-refractivity contribution in [1.82, 2.24) is 15.1 Å². The van der Waals surface area contributed by atoms with Gasteiger partial charge in [0.15, 0.2) is 0 Å². The summed E-state index contributed by atoms with van der Waals surface area (Å²) >= 11 is 0. The Kier molecular flexibility index (Phi) is 6.10. The molecule has 1 saturated heterocycles. The van der Waals surface area contributed by atoms with Crippen molar-refractivity contribution in [2.75, 3.05) is 26.8 Å². The number of rotatable bonds is 8. The standard InChI is InChI=1S/C23H26FN3O2/c1-28-21-6-8-22(9-7-21)29-13-11-20-14-23(26-25-20)18-10-12-27(16-18)15-17-2-4-19(24)5-3-17/h2-9,14,18H,10-13,15-16H2,1H3,(H,25,26). The number of benzene rings is 2. The summed E-state index contributed by atoms with van der Waals surface area (Å²) in [5, 5.41) is 7.67. The first kappa shape index (κ1) is 19.5. The molecule has 1 unspecified atom stereocenters. The van der Waals surface area contributed by atoms with Gasteiger partial charge in [-0.05, 0) is 61.0 Å². The van der Waals surface area contributed by atoms with E-state index in [1.54, 1.807) is 7.11 Å². The average Bonchev–Trinajstić information content (AvgIpc) is 3.40. The number of hydrogen-bond donors (Lipinski definition) is 1. The van der Waals surface area contributed by atoms with Gasteiger partial charge in [-0.1, -0.05) is 12.1 Å². The second kappa shape index (κ2) is 9.09. The van der Waals surface area contributed by atoms with Gasteiger partial charge in [0.25, 0.3) is 0 Å². The minimum Gasteiger partial charge on any atom is -0.497 e. The van der Waals surface area contributed by atoms with Crippen molar-refractivity contribution in [3.05, 3.63) is 77.4 Å². The maximum absolute atomic E-state index is 13.1. The van der Waals surface area contributed by atoms with E-state index in [1.807, 2.05) is 36.4 Å². The number of aromatic nitrogens is 2. The molecule has 2 heterocycles. The van der Waals surface area contributed by atoms with Gasteiger partial charge in [-0.15, -0.1) is 0 Å². The summed E-state index contributed by atoms with van der Waals surface area (Å²) in [6.45, 7) is 3.45. The average molecular weight is 395 g/mol. The fraction of sp³-hybridized carbons (Fsp3) is 0.348. The third-order valence-corrected chi connectivity index (χ3v) is 5.36. The summed E-state index contributed by atoms with van der Waals surface area (Å²) in [6, 6.07) is 16.5. The van der Waals surface area contributed by atoms with Gasteiger partial charge in [-0.3, -0.25) is 10.00 Å². The van der Waals surface area contributed by atoms with Crippen LogP contribution in [0.15, 0.2) is 54.6 Å². The molecule has 29 heavy (non-hydrogen) atoms. The van der Waals surface area contributed by atoms with Crippen LogP contribution in [0.4, 0.5) is 4.39 Å². The minimum absolute atomic E-state index is 0.187. The zero-order chi connectivity index (χ0) is 20.1. The third-order valence-electron chi connectivity index (χ3n) is 5.36. The molecule has 6 heteroatoms. The Hall–Kier alpha value is -2.86. The maximum atomic E-state index is 13.1. The highest BCUT2D eigenvalue weighted by molar-refractivity contribution is 5.31. The Morgan fingerprint density at radius 2 is 1.86 bits per heavy atom. The van der Waals surface area contributed by atoms with Gasteiger partial charge < -0.3 is 9.47 Å². The number of halogens is 1. The predicted molar refractivity (Wildman–Crippen MR) is 110 cm³/mol. The number of hydrogen-bond acceptors (Lipinski definition) is 4. The van der Waals surface area contributed by atoms with Crippen LogP contribution in [0.5, 0.6) is 11.5 Å². The summed E-state index contributed by atoms with van der Waals surface area (Å²) < 4.78 is 24.0. The van der Waals surface area contributed by atoms with Crippen molar-refractivity contribution >= 4 is 0 Å². The first-order chi connectivity index (χ1) is 14.2. The van der Waals surface area contributed by atoms with Crippen molar-refractivity contribution in [1.29, 1.82) is 0 Å². The van der Waals surface area contributed by atoms with Crippen LogP contribution in [-0.2, 0) is 13.0 Å². The van der Waals surface area contributed by atoms with Gasteiger partial charge in [0.1, 0.15) is 17.3 Å². The fourth-order valence-corrected chi connectivity index (χ4v) is 3.73. The Labute approximate surface area is 170 Å². The Balaban J connectivity index is 1.25. The Morgan fingerprint density at radius 3 is 2.62 bits per heavy atom. The smallest absolute Gasteiger partial charge is 0.123 e. The number of ether oxygens (including phenoxy) is 2. The van der Waals surface area contributed by atoms with Crippen molar-refractivity contribution < 1.29 is 13.9 Å². The Bertz CT molecular complexity index is 909. The molecule has 0 radical (unpaired) electrons. The molecular formula is C23H26FN3O2. The van der Waals surface area contributed by atoms with Crippen LogP contribution in [0.2, 0.25) is 0 Å². The van der Waals surface area contributed by atoms with Crippen molar-refractivity contribution in [3.63, 3.8) is 0 Å². The molecule has 0 bridgehead atoms. The van der Waals surface area contributed by atoms with Crippen molar-refractivity contribution in [2.45, 2.75) is 25.3 Å². The molecule has 5 nitrogen and oxygen atoms in total. The van der Waals surface area contributed by atoms with E-state index in [4.69, 9.17) is 9.47 Å². The topological polar surface area (TPSA) is 50.4 Å². The van der Waals surface area contributed by atoms with Crippen molar-refractivity contribution in [2.24, 2.45) is 0 Å². The van der Waals surface area contributed by atoms with Crippen LogP contribution in [0, 0.1) is 5.82 Å². The molecule has 0 amide bonds. The molecule has 1 aromatic heterocycles. The second-order valence-corrected chi connectivity index (χ2v) is 7.44. The van der Waals surface area contributed by atoms with Gasteiger partial charge >= 0.3 is 0 Å². The number of aromatic amines is 1. The van der Waals surface area contributed by atoms with E-state index in [0.717, 1.165) is 60.9 Å². The lowest BCUT2D eigenvalue weighted by atomic mass is 10.0. The van der Waals surface area contributed by atoms with Gasteiger partial charge in [0.2, 0.25) is 0 Å². The molecule has 3 aromatic rings. The molecule has 152 valence electrons. The quantitative estimate of drug-likeness (QED) is 0.622. The van der Waals surface area contributed by atoms with E-state index in [2.05, 4.69) is 21.2 Å². The monoisotopic (exact) mass is 395 g/mol. The van der Waals surface area contributed by atoms with Gasteiger partial charge in [0.05, 0.1) is 19.4 Å². The molecule has 1 aliphatic rings. The summed E-state index contributed by atoms with van der Waals surface area (Å²) in [4.78, 5) is 2.40. The maximum Gasteiger partial charge on any atom is 0.123 e. The lowest BCUT2D eigenvalue weighted by Gasteiger charge is -2.15. The molecule has 1 aliphatic heterocycles. The molecule has 1 fully saturated rings. The number of likely N-dealkylation sites (tertiary alicyclic amines) is 1. The van der Waals surface area contributed by atoms with E-state index in [1.165, 1.54) is 12.1 Å². The highest BCUT2D eigenvalue weighted by Crippen LogP contribution is 2.27. The van der Waals surface area contributed by atoms with Crippen molar-refractivity contribution in [3.8, 4) is 11.5 Å². The largest absolute Gasteiger partial charge is 0.497 e. The van der Waals surface area contributed by atoms with Gasteiger partial charge in [-0.2, -0.15) is 5.10 Å². The summed E-state index contributed by atoms with van der Waals surface area (Å²) in [5.74, 6) is 1.90. The van der Waals surface area contributed by atoms with E-state index < -0.39 is 0 Å². The second-order valence-electron chi connectivity index (χ2n) is 7.44. The lowest BCUT2D eigenvalue weighted by molar-refractivity contribution is 0.319. The summed E-state index contributed by atoms with van der Waals surface area (Å²) in [7, 11) is 1.65. The zero-order valence-electron chi connectivity index (χ0n) is 16.6. The van der Waals surface area contributed by atoms with E-state index in [-0.39, 0.29) is 5.82 Å². The van der Waals surface area contributed by atoms with Crippen LogP contribution in [0.1, 0.15) is 29.3 Å². The van der Waals surface area contributed by atoms with Crippen LogP contribution in [-0.4, -0.2) is 41.9 Å². The van der Waals surface area contributed by atoms with E-state index in [9.17, 15) is 4.39 Å². The molecule has 4 rings (SSSR count). The number of H-pyrrole nitrogens is 1. The zero-order valence-corrected chi connectivity index (χ0v) is 16.6. The van der Waals surface area contributed by atoms with Gasteiger partial charge in [-0.25, -0.2) is 4.39 Å². The van der Waals surface area contributed by atoms with Crippen LogP contribution >= 0.6 is 0 Å². The first-order valence-electron chi connectivity index (χ1n) is 9.97. The highest BCUT2D eigenvalue weighted by Gasteiger charge is 2.25. The molecule has 2 aromatic carbocycles. The van der Waals surface area contributed by atoms with Crippen LogP contribution in [0.25, 0.3) is 0 Å². The molecule has 0 spiro atoms. The summed E-state index contributed by atoms with van der Waals surface area (Å²) in [5.41, 5.74) is 3.35. The first-order valence-corrected chi connectivity index (χ1v) is 9.97. The molecule has 0 saturated carbocycles. The highest BCUT2D eigenvalue weighted by atomic mass is 19.1. The SMILES string of the molecule is COc1ccc(OCCc2cc(C3CCN(Cc4ccc(F)cc4)C3)n[nH]2)cc1. The number of methoxy groups -OCH3 is 1. The lowest BCUT2D eigenvalue weighted by Crippen LogP contribution is -2.19. The Morgan fingerprint density at radius 1 is 1.10 bits per heavy atom. The third kappa shape index (κ3) is 5.15. The molecule has 1 atom stereocenters.